The fourth-order valence-corrected chi connectivity index (χ4v) is 4.99. The molecule has 1 fully saturated rings. The number of nitrogens with zero attached hydrogens (tertiary/aromatic N) is 3. The first-order valence-electron chi connectivity index (χ1n) is 11.8. The molecule has 1 N–H and O–H groups in total. The Kier molecular flexibility index (Phi) is 8.71. The molecule has 2 aromatic carbocycles. The first kappa shape index (κ1) is 24.4. The number of likely N-dealkylation sites (tertiary alicyclic amines) is 1. The van der Waals surface area contributed by atoms with E-state index in [1.165, 1.54) is 12.1 Å². The third kappa shape index (κ3) is 7.14. The largest absolute Gasteiger partial charge is 0.356 e. The second-order valence-corrected chi connectivity index (χ2v) is 9.86. The van der Waals surface area contributed by atoms with Gasteiger partial charge in [-0.15, -0.1) is 0 Å². The predicted octanol–water partition coefficient (Wildman–Crippen LogP) is 4.84. The van der Waals surface area contributed by atoms with Gasteiger partial charge in [-0.2, -0.15) is 16.7 Å². The van der Waals surface area contributed by atoms with Gasteiger partial charge in [-0.05, 0) is 68.8 Å². The van der Waals surface area contributed by atoms with E-state index in [1.807, 2.05) is 43.3 Å². The number of carbonyl (C=O) groups is 1. The lowest BCUT2D eigenvalue weighted by atomic mass is 9.96. The first-order chi connectivity index (χ1) is 16.6. The summed E-state index contributed by atoms with van der Waals surface area (Å²) >= 11 is 1.80. The standard InChI is InChI=1S/C26H31FN4O2S/c1-19-4-2-5-22(16-19)25-29-24(33-30-25)17-31-13-10-21(11-14-31)26(32)28-12-3-15-34-18-20-6-8-23(27)9-7-20/h2,4-9,16,21H,3,10-15,17-18H2,1H3,(H,28,32). The number of piperidine rings is 1. The predicted molar refractivity (Wildman–Crippen MR) is 133 cm³/mol. The van der Waals surface area contributed by atoms with Gasteiger partial charge in [0.15, 0.2) is 0 Å². The van der Waals surface area contributed by atoms with Crippen molar-refractivity contribution in [3.05, 3.63) is 71.4 Å². The summed E-state index contributed by atoms with van der Waals surface area (Å²) in [6, 6.07) is 14.7. The van der Waals surface area contributed by atoms with Gasteiger partial charge in [-0.1, -0.05) is 41.1 Å². The molecule has 3 aromatic rings. The van der Waals surface area contributed by atoms with Crippen molar-refractivity contribution in [2.75, 3.05) is 25.4 Å². The zero-order valence-electron chi connectivity index (χ0n) is 19.5. The summed E-state index contributed by atoms with van der Waals surface area (Å²) in [7, 11) is 0. The molecule has 6 nitrogen and oxygen atoms in total. The Morgan fingerprint density at radius 3 is 2.76 bits per heavy atom. The molecule has 1 aromatic heterocycles. The number of aryl methyl sites for hydroxylation is 1. The van der Waals surface area contributed by atoms with Crippen LogP contribution in [0.5, 0.6) is 0 Å². The van der Waals surface area contributed by atoms with Gasteiger partial charge >= 0.3 is 0 Å². The van der Waals surface area contributed by atoms with Crippen LogP contribution in [0.15, 0.2) is 53.1 Å². The fourth-order valence-electron chi connectivity index (χ4n) is 4.07. The van der Waals surface area contributed by atoms with Crippen LogP contribution in [0.1, 0.15) is 36.3 Å². The lowest BCUT2D eigenvalue weighted by molar-refractivity contribution is -0.126. The van der Waals surface area contributed by atoms with Crippen molar-refractivity contribution in [2.24, 2.45) is 5.92 Å². The molecule has 1 amide bonds. The number of amides is 1. The van der Waals surface area contributed by atoms with Gasteiger partial charge in [0.2, 0.25) is 17.6 Å². The number of hydrogen-bond acceptors (Lipinski definition) is 6. The highest BCUT2D eigenvalue weighted by Gasteiger charge is 2.25. The molecule has 0 saturated carbocycles. The minimum absolute atomic E-state index is 0.0636. The van der Waals surface area contributed by atoms with E-state index in [-0.39, 0.29) is 17.6 Å². The maximum Gasteiger partial charge on any atom is 0.241 e. The SMILES string of the molecule is Cc1cccc(-c2noc(CN3CCC(C(=O)NCCCSCc4ccc(F)cc4)CC3)n2)c1. The number of benzene rings is 2. The normalized spacial score (nSPS) is 14.9. The summed E-state index contributed by atoms with van der Waals surface area (Å²) in [4.78, 5) is 19.3. The average molecular weight is 483 g/mol. The monoisotopic (exact) mass is 482 g/mol. The summed E-state index contributed by atoms with van der Waals surface area (Å²) in [6.45, 7) is 5.03. The molecule has 1 aliphatic heterocycles. The number of hydrogen-bond donors (Lipinski definition) is 1. The minimum atomic E-state index is -0.204. The number of aromatic nitrogens is 2. The van der Waals surface area contributed by atoms with Gasteiger partial charge in [0.25, 0.3) is 0 Å². The van der Waals surface area contributed by atoms with Gasteiger partial charge < -0.3 is 9.84 Å². The summed E-state index contributed by atoms with van der Waals surface area (Å²) in [5.74, 6) is 3.06. The molecular formula is C26H31FN4O2S. The molecule has 1 aliphatic rings. The van der Waals surface area contributed by atoms with E-state index < -0.39 is 0 Å². The molecular weight excluding hydrogens is 451 g/mol. The van der Waals surface area contributed by atoms with Crippen LogP contribution in [0.3, 0.4) is 0 Å². The van der Waals surface area contributed by atoms with Crippen molar-refractivity contribution in [1.29, 1.82) is 0 Å². The summed E-state index contributed by atoms with van der Waals surface area (Å²) in [5, 5.41) is 7.21. The first-order valence-corrected chi connectivity index (χ1v) is 12.9. The molecule has 8 heteroatoms. The van der Waals surface area contributed by atoms with E-state index in [0.29, 0.717) is 24.8 Å². The van der Waals surface area contributed by atoms with E-state index in [0.717, 1.165) is 60.5 Å². The van der Waals surface area contributed by atoms with Crippen molar-refractivity contribution in [3.8, 4) is 11.4 Å². The number of rotatable bonds is 10. The highest BCUT2D eigenvalue weighted by atomic mass is 32.2. The summed E-state index contributed by atoms with van der Waals surface area (Å²) in [6.07, 6.45) is 2.60. The van der Waals surface area contributed by atoms with E-state index in [1.54, 1.807) is 11.8 Å². The van der Waals surface area contributed by atoms with Crippen LogP contribution in [0.25, 0.3) is 11.4 Å². The molecule has 0 unspecified atom stereocenters. The number of nitrogens with one attached hydrogen (secondary N) is 1. The van der Waals surface area contributed by atoms with E-state index in [4.69, 9.17) is 4.52 Å². The van der Waals surface area contributed by atoms with Crippen LogP contribution >= 0.6 is 11.8 Å². The molecule has 2 heterocycles. The lowest BCUT2D eigenvalue weighted by Gasteiger charge is -2.30. The Hall–Kier alpha value is -2.71. The van der Waals surface area contributed by atoms with E-state index in [9.17, 15) is 9.18 Å². The average Bonchev–Trinajstić information content (AvgIpc) is 3.31. The number of halogens is 1. The molecule has 0 bridgehead atoms. The molecule has 180 valence electrons. The zero-order valence-corrected chi connectivity index (χ0v) is 20.3. The smallest absolute Gasteiger partial charge is 0.241 e. The lowest BCUT2D eigenvalue weighted by Crippen LogP contribution is -2.40. The van der Waals surface area contributed by atoms with Gasteiger partial charge in [0.1, 0.15) is 5.82 Å². The van der Waals surface area contributed by atoms with Crippen LogP contribution in [-0.2, 0) is 17.1 Å². The van der Waals surface area contributed by atoms with Crippen LogP contribution in [0.4, 0.5) is 4.39 Å². The molecule has 0 aliphatic carbocycles. The Morgan fingerprint density at radius 1 is 1.21 bits per heavy atom. The molecule has 4 rings (SSSR count). The zero-order chi connectivity index (χ0) is 23.8. The maximum atomic E-state index is 12.9. The highest BCUT2D eigenvalue weighted by molar-refractivity contribution is 7.98. The third-order valence-corrected chi connectivity index (χ3v) is 7.12. The van der Waals surface area contributed by atoms with Crippen LogP contribution in [-0.4, -0.2) is 46.3 Å². The number of carbonyl (C=O) groups excluding carboxylic acids is 1. The Morgan fingerprint density at radius 2 is 2.00 bits per heavy atom. The van der Waals surface area contributed by atoms with Gasteiger partial charge in [-0.3, -0.25) is 9.69 Å². The molecule has 34 heavy (non-hydrogen) atoms. The fraction of sp³-hybridized carbons (Fsp3) is 0.423. The van der Waals surface area contributed by atoms with Crippen molar-refractivity contribution >= 4 is 17.7 Å². The Labute approximate surface area is 204 Å². The van der Waals surface area contributed by atoms with Crippen LogP contribution in [0, 0.1) is 18.7 Å². The van der Waals surface area contributed by atoms with Crippen molar-refractivity contribution < 1.29 is 13.7 Å². The Balaban J connectivity index is 1.11. The van der Waals surface area contributed by atoms with Gasteiger partial charge in [-0.25, -0.2) is 4.39 Å². The number of thioether (sulfide) groups is 1. The summed E-state index contributed by atoms with van der Waals surface area (Å²) in [5.41, 5.74) is 3.24. The van der Waals surface area contributed by atoms with E-state index >= 15 is 0 Å². The second-order valence-electron chi connectivity index (χ2n) is 8.76. The van der Waals surface area contributed by atoms with Crippen LogP contribution in [0.2, 0.25) is 0 Å². The van der Waals surface area contributed by atoms with E-state index in [2.05, 4.69) is 20.4 Å². The highest BCUT2D eigenvalue weighted by Crippen LogP contribution is 2.21. The maximum absolute atomic E-state index is 12.9. The Bertz CT molecular complexity index is 1060. The quantitative estimate of drug-likeness (QED) is 0.417. The second kappa shape index (κ2) is 12.1. The third-order valence-electron chi connectivity index (χ3n) is 6.01. The molecule has 0 atom stereocenters. The minimum Gasteiger partial charge on any atom is -0.356 e. The van der Waals surface area contributed by atoms with Crippen LogP contribution < -0.4 is 5.32 Å². The topological polar surface area (TPSA) is 71.3 Å². The van der Waals surface area contributed by atoms with Gasteiger partial charge in [0, 0.05) is 23.8 Å². The molecule has 0 radical (unpaired) electrons. The van der Waals surface area contributed by atoms with Crippen molar-refractivity contribution in [3.63, 3.8) is 0 Å². The van der Waals surface area contributed by atoms with Crippen molar-refractivity contribution in [1.82, 2.24) is 20.4 Å². The molecule has 1 saturated heterocycles. The van der Waals surface area contributed by atoms with Gasteiger partial charge in [0.05, 0.1) is 6.54 Å². The summed E-state index contributed by atoms with van der Waals surface area (Å²) < 4.78 is 18.4. The molecule has 0 spiro atoms. The van der Waals surface area contributed by atoms with Crippen molar-refractivity contribution in [2.45, 2.75) is 38.5 Å².